The Hall–Kier alpha value is -0.0600. The van der Waals surface area contributed by atoms with Gasteiger partial charge in [0, 0.05) is 22.3 Å². The Kier molecular flexibility index (Phi) is 7.16. The van der Waals surface area contributed by atoms with Crippen LogP contribution >= 0.6 is 22.6 Å². The third-order valence-electron chi connectivity index (χ3n) is 3.67. The zero-order valence-corrected chi connectivity index (χ0v) is 12.8. The Labute approximate surface area is 118 Å². The van der Waals surface area contributed by atoms with Gasteiger partial charge in [0.15, 0.2) is 5.78 Å². The van der Waals surface area contributed by atoms with Gasteiger partial charge in [-0.1, -0.05) is 48.8 Å². The van der Waals surface area contributed by atoms with Crippen LogP contribution in [0, 0.1) is 11.8 Å². The minimum Gasteiger partial charge on any atom is -0.512 e. The first-order chi connectivity index (χ1) is 8.19. The molecule has 0 amide bonds. The SMILES string of the molecule is CCC(CCI)C(=O)/C=C(\O)C1CCCCC1. The molecule has 0 heterocycles. The molecule has 0 aromatic heterocycles. The van der Waals surface area contributed by atoms with Crippen LogP contribution < -0.4 is 0 Å². The summed E-state index contributed by atoms with van der Waals surface area (Å²) in [7, 11) is 0. The summed E-state index contributed by atoms with van der Waals surface area (Å²) in [6.45, 7) is 2.04. The summed E-state index contributed by atoms with van der Waals surface area (Å²) in [4.78, 5) is 12.0. The first kappa shape index (κ1) is 15.0. The standard InChI is InChI=1S/C14H23IO2/c1-2-11(8-9-15)13(16)10-14(17)12-6-4-3-5-7-12/h10-12,17H,2-9H2,1H3/b14-10-. The molecule has 1 unspecified atom stereocenters. The number of hydrogen-bond donors (Lipinski definition) is 1. The van der Waals surface area contributed by atoms with Crippen LogP contribution in [0.3, 0.4) is 0 Å². The van der Waals surface area contributed by atoms with E-state index in [2.05, 4.69) is 22.6 Å². The van der Waals surface area contributed by atoms with Crippen LogP contribution in [-0.2, 0) is 4.79 Å². The average molecular weight is 350 g/mol. The Morgan fingerprint density at radius 2 is 2.06 bits per heavy atom. The third-order valence-corrected chi connectivity index (χ3v) is 4.29. The molecular formula is C14H23IO2. The maximum absolute atomic E-state index is 12.0. The largest absolute Gasteiger partial charge is 0.512 e. The predicted octanol–water partition coefficient (Wildman–Crippen LogP) is 4.43. The fraction of sp³-hybridized carbons (Fsp3) is 0.786. The maximum atomic E-state index is 12.0. The lowest BCUT2D eigenvalue weighted by atomic mass is 9.86. The molecule has 0 aromatic rings. The van der Waals surface area contributed by atoms with Gasteiger partial charge in [0.05, 0.1) is 5.76 Å². The number of allylic oxidation sites excluding steroid dienone is 2. The molecule has 2 nitrogen and oxygen atoms in total. The number of ketones is 1. The van der Waals surface area contributed by atoms with Crippen molar-refractivity contribution in [3.63, 3.8) is 0 Å². The maximum Gasteiger partial charge on any atom is 0.162 e. The number of rotatable bonds is 6. The number of hydrogen-bond acceptors (Lipinski definition) is 2. The first-order valence-corrected chi connectivity index (χ1v) is 8.22. The monoisotopic (exact) mass is 350 g/mol. The lowest BCUT2D eigenvalue weighted by molar-refractivity contribution is -0.118. The molecule has 1 aliphatic rings. The number of halogens is 1. The van der Waals surface area contributed by atoms with Crippen molar-refractivity contribution in [3.05, 3.63) is 11.8 Å². The summed E-state index contributed by atoms with van der Waals surface area (Å²) in [6, 6.07) is 0. The quantitative estimate of drug-likeness (QED) is 0.333. The van der Waals surface area contributed by atoms with Gasteiger partial charge in [-0.05, 0) is 25.7 Å². The van der Waals surface area contributed by atoms with Gasteiger partial charge in [-0.2, -0.15) is 0 Å². The molecule has 3 heteroatoms. The van der Waals surface area contributed by atoms with E-state index in [4.69, 9.17) is 0 Å². The molecule has 0 bridgehead atoms. The van der Waals surface area contributed by atoms with Crippen LogP contribution in [0.25, 0.3) is 0 Å². The highest BCUT2D eigenvalue weighted by atomic mass is 127. The zero-order valence-electron chi connectivity index (χ0n) is 10.6. The second-order valence-electron chi connectivity index (χ2n) is 4.89. The number of carbonyl (C=O) groups is 1. The summed E-state index contributed by atoms with van der Waals surface area (Å²) in [5.41, 5.74) is 0. The van der Waals surface area contributed by atoms with Crippen molar-refractivity contribution in [2.75, 3.05) is 4.43 Å². The van der Waals surface area contributed by atoms with Gasteiger partial charge in [0.2, 0.25) is 0 Å². The second-order valence-corrected chi connectivity index (χ2v) is 5.97. The van der Waals surface area contributed by atoms with Crippen molar-refractivity contribution in [3.8, 4) is 0 Å². The first-order valence-electron chi connectivity index (χ1n) is 6.69. The normalized spacial score (nSPS) is 20.2. The molecule has 98 valence electrons. The van der Waals surface area contributed by atoms with Crippen LogP contribution in [0.5, 0.6) is 0 Å². The fourth-order valence-electron chi connectivity index (χ4n) is 2.46. The van der Waals surface area contributed by atoms with E-state index in [1.165, 1.54) is 25.3 Å². The zero-order chi connectivity index (χ0) is 12.7. The third kappa shape index (κ3) is 4.98. The summed E-state index contributed by atoms with van der Waals surface area (Å²) in [5.74, 6) is 0.788. The van der Waals surface area contributed by atoms with E-state index in [1.54, 1.807) is 0 Å². The van der Waals surface area contributed by atoms with Crippen molar-refractivity contribution < 1.29 is 9.90 Å². The predicted molar refractivity (Wildman–Crippen MR) is 79.6 cm³/mol. The van der Waals surface area contributed by atoms with Crippen molar-refractivity contribution in [1.29, 1.82) is 0 Å². The molecule has 0 spiro atoms. The minimum absolute atomic E-state index is 0.0950. The van der Waals surface area contributed by atoms with Gasteiger partial charge in [-0.3, -0.25) is 4.79 Å². The number of aliphatic hydroxyl groups is 1. The molecule has 1 aliphatic carbocycles. The van der Waals surface area contributed by atoms with E-state index in [9.17, 15) is 9.90 Å². The molecule has 1 saturated carbocycles. The van der Waals surface area contributed by atoms with Gasteiger partial charge in [-0.15, -0.1) is 0 Å². The molecule has 1 N–H and O–H groups in total. The second kappa shape index (κ2) is 8.11. The Bertz CT molecular complexity index is 267. The summed E-state index contributed by atoms with van der Waals surface area (Å²) in [6.07, 6.45) is 9.02. The van der Waals surface area contributed by atoms with Crippen LogP contribution in [0.15, 0.2) is 11.8 Å². The number of alkyl halides is 1. The molecule has 1 atom stereocenters. The van der Waals surface area contributed by atoms with Gasteiger partial charge in [0.25, 0.3) is 0 Å². The van der Waals surface area contributed by atoms with E-state index in [1.807, 2.05) is 6.92 Å². The molecule has 1 fully saturated rings. The van der Waals surface area contributed by atoms with Crippen molar-refractivity contribution in [2.24, 2.45) is 11.8 Å². The van der Waals surface area contributed by atoms with Crippen LogP contribution in [-0.4, -0.2) is 15.3 Å². The van der Waals surface area contributed by atoms with E-state index >= 15 is 0 Å². The highest BCUT2D eigenvalue weighted by Gasteiger charge is 2.20. The molecule has 0 radical (unpaired) electrons. The van der Waals surface area contributed by atoms with Gasteiger partial charge < -0.3 is 5.11 Å². The number of carbonyl (C=O) groups excluding carboxylic acids is 1. The highest BCUT2D eigenvalue weighted by molar-refractivity contribution is 14.1. The molecule has 1 rings (SSSR count). The minimum atomic E-state index is 0.0950. The molecule has 0 aliphatic heterocycles. The van der Waals surface area contributed by atoms with Crippen molar-refractivity contribution >= 4 is 28.4 Å². The lowest BCUT2D eigenvalue weighted by Gasteiger charge is -2.21. The molecule has 17 heavy (non-hydrogen) atoms. The smallest absolute Gasteiger partial charge is 0.162 e. The van der Waals surface area contributed by atoms with Gasteiger partial charge >= 0.3 is 0 Å². The van der Waals surface area contributed by atoms with Crippen LogP contribution in [0.4, 0.5) is 0 Å². The van der Waals surface area contributed by atoms with Crippen molar-refractivity contribution in [2.45, 2.75) is 51.9 Å². The highest BCUT2D eigenvalue weighted by Crippen LogP contribution is 2.28. The van der Waals surface area contributed by atoms with E-state index in [0.717, 1.165) is 30.1 Å². The van der Waals surface area contributed by atoms with Crippen LogP contribution in [0.1, 0.15) is 51.9 Å². The van der Waals surface area contributed by atoms with Crippen LogP contribution in [0.2, 0.25) is 0 Å². The Morgan fingerprint density at radius 1 is 1.41 bits per heavy atom. The van der Waals surface area contributed by atoms with Crippen molar-refractivity contribution in [1.82, 2.24) is 0 Å². The Balaban J connectivity index is 2.56. The fourth-order valence-corrected chi connectivity index (χ4v) is 3.21. The summed E-state index contributed by atoms with van der Waals surface area (Å²) >= 11 is 2.30. The van der Waals surface area contributed by atoms with Gasteiger partial charge in [-0.25, -0.2) is 0 Å². The average Bonchev–Trinajstić information content (AvgIpc) is 2.36. The lowest BCUT2D eigenvalue weighted by Crippen LogP contribution is -2.15. The molecule has 0 saturated heterocycles. The topological polar surface area (TPSA) is 37.3 Å². The summed E-state index contributed by atoms with van der Waals surface area (Å²) in [5, 5.41) is 10.00. The van der Waals surface area contributed by atoms with E-state index < -0.39 is 0 Å². The number of aliphatic hydroxyl groups excluding tert-OH is 1. The summed E-state index contributed by atoms with van der Waals surface area (Å²) < 4.78 is 1.00. The Morgan fingerprint density at radius 3 is 2.59 bits per heavy atom. The van der Waals surface area contributed by atoms with Gasteiger partial charge in [0.1, 0.15) is 0 Å². The van der Waals surface area contributed by atoms with E-state index in [-0.39, 0.29) is 17.6 Å². The molecular weight excluding hydrogens is 327 g/mol. The molecule has 0 aromatic carbocycles. The van der Waals surface area contributed by atoms with E-state index in [0.29, 0.717) is 5.76 Å².